The third-order valence-corrected chi connectivity index (χ3v) is 6.15. The summed E-state index contributed by atoms with van der Waals surface area (Å²) in [6, 6.07) is 19.9. The van der Waals surface area contributed by atoms with Gasteiger partial charge in [0.1, 0.15) is 11.5 Å². The number of phenolic OH excluding ortho intramolecular Hbond substituents is 2. The molecule has 0 aliphatic rings. The zero-order valence-electron chi connectivity index (χ0n) is 18.5. The number of aromatic hydroxyl groups is 2. The molecule has 0 heterocycles. The fraction of sp³-hybridized carbons (Fsp3) is 0.357. The van der Waals surface area contributed by atoms with Crippen molar-refractivity contribution in [1.29, 1.82) is 0 Å². The van der Waals surface area contributed by atoms with Crippen LogP contribution in [-0.4, -0.2) is 10.2 Å². The Labute approximate surface area is 181 Å². The summed E-state index contributed by atoms with van der Waals surface area (Å²) < 4.78 is 0. The zero-order chi connectivity index (χ0) is 21.5. The van der Waals surface area contributed by atoms with Crippen molar-refractivity contribution in [3.05, 3.63) is 94.0 Å². The Morgan fingerprint density at radius 3 is 1.37 bits per heavy atom. The molecule has 3 rings (SSSR count). The van der Waals surface area contributed by atoms with Crippen LogP contribution < -0.4 is 0 Å². The molecule has 158 valence electrons. The van der Waals surface area contributed by atoms with E-state index in [-0.39, 0.29) is 0 Å². The smallest absolute Gasteiger partial charge is 0.115 e. The van der Waals surface area contributed by atoms with Gasteiger partial charge in [-0.3, -0.25) is 0 Å². The molecule has 3 aromatic rings. The maximum absolute atomic E-state index is 9.66. The van der Waals surface area contributed by atoms with Crippen molar-refractivity contribution in [1.82, 2.24) is 0 Å². The maximum atomic E-state index is 9.66. The highest BCUT2D eigenvalue weighted by atomic mass is 16.3. The van der Waals surface area contributed by atoms with Gasteiger partial charge < -0.3 is 10.2 Å². The number of rotatable bonds is 9. The van der Waals surface area contributed by atoms with Crippen molar-refractivity contribution >= 4 is 0 Å². The SMILES string of the molecule is CCc1ccc(CC)c(CC(Cc2ccc(O)cc2)Cc2ccc(O)cc2)c1CC. The lowest BCUT2D eigenvalue weighted by atomic mass is 9.82. The van der Waals surface area contributed by atoms with Crippen molar-refractivity contribution in [3.63, 3.8) is 0 Å². The zero-order valence-corrected chi connectivity index (χ0v) is 18.5. The Hall–Kier alpha value is -2.74. The Morgan fingerprint density at radius 1 is 0.533 bits per heavy atom. The van der Waals surface area contributed by atoms with Gasteiger partial charge in [0.05, 0.1) is 0 Å². The van der Waals surface area contributed by atoms with Gasteiger partial charge in [0.2, 0.25) is 0 Å². The van der Waals surface area contributed by atoms with E-state index in [1.165, 1.54) is 33.4 Å². The third-order valence-electron chi connectivity index (χ3n) is 6.15. The lowest BCUT2D eigenvalue weighted by molar-refractivity contribution is 0.473. The van der Waals surface area contributed by atoms with E-state index < -0.39 is 0 Å². The van der Waals surface area contributed by atoms with Gasteiger partial charge in [0.25, 0.3) is 0 Å². The van der Waals surface area contributed by atoms with Crippen LogP contribution in [0, 0.1) is 5.92 Å². The molecule has 0 aliphatic carbocycles. The highest BCUT2D eigenvalue weighted by Gasteiger charge is 2.18. The summed E-state index contributed by atoms with van der Waals surface area (Å²) >= 11 is 0. The van der Waals surface area contributed by atoms with E-state index >= 15 is 0 Å². The predicted octanol–water partition coefficient (Wildman–Crippen LogP) is 6.43. The first-order valence-electron chi connectivity index (χ1n) is 11.2. The van der Waals surface area contributed by atoms with Crippen LogP contribution in [0.25, 0.3) is 0 Å². The van der Waals surface area contributed by atoms with Gasteiger partial charge in [-0.25, -0.2) is 0 Å². The fourth-order valence-corrected chi connectivity index (χ4v) is 4.58. The summed E-state index contributed by atoms with van der Waals surface area (Å²) in [5, 5.41) is 19.3. The molecule has 2 nitrogen and oxygen atoms in total. The summed E-state index contributed by atoms with van der Waals surface area (Å²) in [5.41, 5.74) is 8.49. The van der Waals surface area contributed by atoms with Crippen LogP contribution in [0.2, 0.25) is 0 Å². The molecule has 2 heteroatoms. The van der Waals surface area contributed by atoms with Gasteiger partial charge >= 0.3 is 0 Å². The molecule has 0 amide bonds. The fourth-order valence-electron chi connectivity index (χ4n) is 4.58. The van der Waals surface area contributed by atoms with Crippen molar-refractivity contribution < 1.29 is 10.2 Å². The molecule has 0 aromatic heterocycles. The average Bonchev–Trinajstić information content (AvgIpc) is 2.76. The van der Waals surface area contributed by atoms with Crippen LogP contribution in [0.1, 0.15) is 54.2 Å². The first-order chi connectivity index (χ1) is 14.5. The molecular weight excluding hydrogens is 368 g/mol. The minimum atomic E-state index is 0.311. The molecule has 0 aliphatic heterocycles. The van der Waals surface area contributed by atoms with Gasteiger partial charge in [-0.15, -0.1) is 0 Å². The first kappa shape index (κ1) is 22.0. The molecule has 0 unspecified atom stereocenters. The third kappa shape index (κ3) is 5.44. The first-order valence-corrected chi connectivity index (χ1v) is 11.2. The quantitative estimate of drug-likeness (QED) is 0.433. The van der Waals surface area contributed by atoms with E-state index in [9.17, 15) is 10.2 Å². The Kier molecular flexibility index (Phi) is 7.57. The van der Waals surface area contributed by atoms with E-state index in [0.717, 1.165) is 38.5 Å². The van der Waals surface area contributed by atoms with Crippen molar-refractivity contribution in [2.45, 2.75) is 59.3 Å². The minimum absolute atomic E-state index is 0.311. The van der Waals surface area contributed by atoms with Crippen LogP contribution in [0.4, 0.5) is 0 Å². The standard InChI is InChI=1S/C28H34O2/c1-4-23-11-12-24(5-2)28(27(23)6-3)19-22(17-20-7-13-25(29)14-8-20)18-21-9-15-26(30)16-10-21/h7-16,22,29-30H,4-6,17-19H2,1-3H3. The van der Waals surface area contributed by atoms with Crippen LogP contribution in [0.5, 0.6) is 11.5 Å². The number of hydrogen-bond donors (Lipinski definition) is 2. The van der Waals surface area contributed by atoms with Crippen molar-refractivity contribution in [2.24, 2.45) is 5.92 Å². The van der Waals surface area contributed by atoms with E-state index in [4.69, 9.17) is 0 Å². The molecule has 0 bridgehead atoms. The molecule has 0 atom stereocenters. The predicted molar refractivity (Wildman–Crippen MR) is 125 cm³/mol. The van der Waals surface area contributed by atoms with Crippen molar-refractivity contribution in [3.8, 4) is 11.5 Å². The van der Waals surface area contributed by atoms with E-state index in [1.807, 2.05) is 24.3 Å². The molecule has 30 heavy (non-hydrogen) atoms. The summed E-state index contributed by atoms with van der Waals surface area (Å²) in [7, 11) is 0. The van der Waals surface area contributed by atoms with E-state index in [2.05, 4.69) is 32.9 Å². The summed E-state index contributed by atoms with van der Waals surface area (Å²) in [6.45, 7) is 6.76. The molecule has 0 saturated heterocycles. The number of hydrogen-bond acceptors (Lipinski definition) is 2. The Morgan fingerprint density at radius 2 is 0.967 bits per heavy atom. The maximum Gasteiger partial charge on any atom is 0.115 e. The average molecular weight is 403 g/mol. The second-order valence-electron chi connectivity index (χ2n) is 8.21. The molecule has 2 N–H and O–H groups in total. The monoisotopic (exact) mass is 402 g/mol. The Balaban J connectivity index is 1.95. The topological polar surface area (TPSA) is 40.5 Å². The minimum Gasteiger partial charge on any atom is -0.508 e. The second kappa shape index (κ2) is 10.3. The van der Waals surface area contributed by atoms with E-state index in [0.29, 0.717) is 17.4 Å². The van der Waals surface area contributed by atoms with Crippen molar-refractivity contribution in [2.75, 3.05) is 0 Å². The van der Waals surface area contributed by atoms with Crippen LogP contribution in [0.15, 0.2) is 60.7 Å². The highest BCUT2D eigenvalue weighted by molar-refractivity contribution is 5.42. The van der Waals surface area contributed by atoms with Gasteiger partial charge in [-0.2, -0.15) is 0 Å². The number of benzene rings is 3. The van der Waals surface area contributed by atoms with Gasteiger partial charge in [0, 0.05) is 0 Å². The van der Waals surface area contributed by atoms with Crippen LogP contribution >= 0.6 is 0 Å². The molecular formula is C28H34O2. The van der Waals surface area contributed by atoms with Gasteiger partial charge in [0.15, 0.2) is 0 Å². The number of phenols is 2. The van der Waals surface area contributed by atoms with Crippen LogP contribution in [0.3, 0.4) is 0 Å². The normalized spacial score (nSPS) is 11.2. The summed E-state index contributed by atoms with van der Waals surface area (Å²) in [6.07, 6.45) is 6.16. The molecule has 3 aromatic carbocycles. The van der Waals surface area contributed by atoms with Gasteiger partial charge in [-0.05, 0) is 102 Å². The summed E-state index contributed by atoms with van der Waals surface area (Å²) in [5.74, 6) is 1.07. The molecule has 0 radical (unpaired) electrons. The molecule has 0 saturated carbocycles. The largest absolute Gasteiger partial charge is 0.508 e. The molecule has 0 fully saturated rings. The Bertz CT molecular complexity index is 892. The molecule has 0 spiro atoms. The lowest BCUT2D eigenvalue weighted by Crippen LogP contribution is -2.15. The lowest BCUT2D eigenvalue weighted by Gasteiger charge is -2.23. The number of aryl methyl sites for hydroxylation is 2. The van der Waals surface area contributed by atoms with Crippen LogP contribution in [-0.2, 0) is 38.5 Å². The summed E-state index contributed by atoms with van der Waals surface area (Å²) in [4.78, 5) is 0. The van der Waals surface area contributed by atoms with E-state index in [1.54, 1.807) is 24.3 Å². The van der Waals surface area contributed by atoms with Gasteiger partial charge in [-0.1, -0.05) is 57.2 Å². The second-order valence-corrected chi connectivity index (χ2v) is 8.21. The highest BCUT2D eigenvalue weighted by Crippen LogP contribution is 2.28.